The monoisotopic (exact) mass is 352 g/mol. The molecule has 3 rings (SSSR count). The van der Waals surface area contributed by atoms with E-state index in [1.54, 1.807) is 7.11 Å². The van der Waals surface area contributed by atoms with Crippen LogP contribution in [0, 0.1) is 34.5 Å². The fourth-order valence-electron chi connectivity index (χ4n) is 6.78. The predicted molar refractivity (Wildman–Crippen MR) is 97.2 cm³/mol. The highest BCUT2D eigenvalue weighted by molar-refractivity contribution is 5.84. The number of ether oxygens (including phenoxy) is 3. The van der Waals surface area contributed by atoms with E-state index < -0.39 is 0 Å². The highest BCUT2D eigenvalue weighted by Crippen LogP contribution is 2.67. The van der Waals surface area contributed by atoms with Crippen LogP contribution in [-0.2, 0) is 19.0 Å². The first-order chi connectivity index (χ1) is 11.8. The summed E-state index contributed by atoms with van der Waals surface area (Å²) in [7, 11) is 3.51. The second-order valence-electron chi connectivity index (χ2n) is 9.15. The van der Waals surface area contributed by atoms with E-state index in [4.69, 9.17) is 14.2 Å². The Kier molecular flexibility index (Phi) is 5.36. The Hall–Kier alpha value is -0.450. The van der Waals surface area contributed by atoms with Gasteiger partial charge in [0.2, 0.25) is 0 Å². The summed E-state index contributed by atoms with van der Waals surface area (Å²) < 4.78 is 17.5. The molecular formula is C21H36O4. The summed E-state index contributed by atoms with van der Waals surface area (Å²) in [5.41, 5.74) is 0.0829. The minimum Gasteiger partial charge on any atom is -0.381 e. The molecule has 8 atom stereocenters. The predicted octanol–water partition coefficient (Wildman–Crippen LogP) is 4.07. The summed E-state index contributed by atoms with van der Waals surface area (Å²) in [6.07, 6.45) is 5.53. The highest BCUT2D eigenvalue weighted by atomic mass is 16.7. The van der Waals surface area contributed by atoms with Gasteiger partial charge in [0, 0.05) is 31.5 Å². The number of hydrogen-bond acceptors (Lipinski definition) is 4. The second-order valence-corrected chi connectivity index (χ2v) is 9.15. The van der Waals surface area contributed by atoms with Crippen LogP contribution in [0.25, 0.3) is 0 Å². The fraction of sp³-hybridized carbons (Fsp3) is 0.952. The zero-order valence-corrected chi connectivity index (χ0v) is 16.8. The molecule has 4 nitrogen and oxygen atoms in total. The molecule has 0 aromatic carbocycles. The van der Waals surface area contributed by atoms with E-state index in [1.165, 1.54) is 6.42 Å². The molecule has 3 unspecified atom stereocenters. The molecule has 4 heteroatoms. The van der Waals surface area contributed by atoms with Gasteiger partial charge >= 0.3 is 0 Å². The van der Waals surface area contributed by atoms with Crippen LogP contribution in [0.3, 0.4) is 0 Å². The van der Waals surface area contributed by atoms with E-state index in [0.717, 1.165) is 25.7 Å². The third kappa shape index (κ3) is 2.71. The Balaban J connectivity index is 2.12. The number of rotatable bonds is 4. The molecule has 3 aliphatic rings. The van der Waals surface area contributed by atoms with Gasteiger partial charge in [-0.25, -0.2) is 0 Å². The maximum atomic E-state index is 13.2. The van der Waals surface area contributed by atoms with Crippen LogP contribution in [0.15, 0.2) is 0 Å². The molecule has 25 heavy (non-hydrogen) atoms. The van der Waals surface area contributed by atoms with Gasteiger partial charge in [-0.3, -0.25) is 4.79 Å². The Morgan fingerprint density at radius 1 is 1.12 bits per heavy atom. The molecule has 0 aromatic rings. The van der Waals surface area contributed by atoms with E-state index >= 15 is 0 Å². The molecule has 3 saturated carbocycles. The lowest BCUT2D eigenvalue weighted by molar-refractivity contribution is -0.213. The lowest BCUT2D eigenvalue weighted by Gasteiger charge is -2.61. The first-order valence-corrected chi connectivity index (χ1v) is 10.00. The minimum absolute atomic E-state index is 0.0111. The molecule has 2 bridgehead atoms. The summed E-state index contributed by atoms with van der Waals surface area (Å²) in [5, 5.41) is 0. The van der Waals surface area contributed by atoms with Gasteiger partial charge in [-0.2, -0.15) is 0 Å². The average molecular weight is 353 g/mol. The van der Waals surface area contributed by atoms with Crippen molar-refractivity contribution in [3.8, 4) is 0 Å². The summed E-state index contributed by atoms with van der Waals surface area (Å²) in [5.74, 6) is 1.51. The Morgan fingerprint density at radius 3 is 2.44 bits per heavy atom. The molecule has 0 heterocycles. The smallest absolute Gasteiger partial charge is 0.146 e. The number of methoxy groups -OCH3 is 2. The van der Waals surface area contributed by atoms with Crippen LogP contribution >= 0.6 is 0 Å². The maximum absolute atomic E-state index is 13.2. The zero-order valence-electron chi connectivity index (χ0n) is 16.8. The van der Waals surface area contributed by atoms with Gasteiger partial charge in [-0.15, -0.1) is 0 Å². The molecule has 0 aliphatic heterocycles. The molecule has 0 radical (unpaired) electrons. The fourth-order valence-corrected chi connectivity index (χ4v) is 6.78. The molecular weight excluding hydrogens is 316 g/mol. The number of carbonyl (C=O) groups excluding carboxylic acids is 1. The first-order valence-electron chi connectivity index (χ1n) is 10.00. The second kappa shape index (κ2) is 6.94. The molecule has 0 aromatic heterocycles. The molecule has 144 valence electrons. The van der Waals surface area contributed by atoms with Gasteiger partial charge < -0.3 is 14.2 Å². The van der Waals surface area contributed by atoms with Crippen molar-refractivity contribution in [3.63, 3.8) is 0 Å². The van der Waals surface area contributed by atoms with Gasteiger partial charge in [0.1, 0.15) is 12.6 Å². The SMILES string of the molecule is COCO[C@@H]1C[C@H](C)C(=O)[C@H](C)C23CCC(OC)C2[C@@]1(C)[C@H](C)CC3. The van der Waals surface area contributed by atoms with Crippen LogP contribution in [0.2, 0.25) is 0 Å². The molecule has 0 amide bonds. The highest BCUT2D eigenvalue weighted by Gasteiger charge is 2.66. The van der Waals surface area contributed by atoms with Crippen molar-refractivity contribution in [2.24, 2.45) is 34.5 Å². The van der Waals surface area contributed by atoms with Crippen molar-refractivity contribution in [1.82, 2.24) is 0 Å². The Labute approximate surface area is 153 Å². The third-order valence-electron chi connectivity index (χ3n) is 8.39. The molecule has 3 fully saturated rings. The summed E-state index contributed by atoms with van der Waals surface area (Å²) in [6, 6.07) is 0. The number of ketones is 1. The third-order valence-corrected chi connectivity index (χ3v) is 8.39. The Morgan fingerprint density at radius 2 is 1.80 bits per heavy atom. The van der Waals surface area contributed by atoms with Crippen LogP contribution in [-0.4, -0.2) is 39.0 Å². The van der Waals surface area contributed by atoms with Crippen LogP contribution < -0.4 is 0 Å². The minimum atomic E-state index is 0.0111. The maximum Gasteiger partial charge on any atom is 0.146 e. The summed E-state index contributed by atoms with van der Waals surface area (Å²) >= 11 is 0. The van der Waals surface area contributed by atoms with Crippen LogP contribution in [0.1, 0.15) is 59.8 Å². The quantitative estimate of drug-likeness (QED) is 0.716. The lowest BCUT2D eigenvalue weighted by atomic mass is 9.45. The Bertz CT molecular complexity index is 506. The zero-order chi connectivity index (χ0) is 18.4. The van der Waals surface area contributed by atoms with Crippen molar-refractivity contribution in [3.05, 3.63) is 0 Å². The van der Waals surface area contributed by atoms with Crippen molar-refractivity contribution in [2.75, 3.05) is 21.0 Å². The van der Waals surface area contributed by atoms with Gasteiger partial charge in [0.15, 0.2) is 0 Å². The number of carbonyl (C=O) groups is 1. The van der Waals surface area contributed by atoms with Crippen molar-refractivity contribution < 1.29 is 19.0 Å². The normalized spacial score (nSPS) is 50.2. The largest absolute Gasteiger partial charge is 0.381 e. The lowest BCUT2D eigenvalue weighted by Crippen LogP contribution is -2.61. The van der Waals surface area contributed by atoms with Crippen LogP contribution in [0.4, 0.5) is 0 Å². The van der Waals surface area contributed by atoms with Gasteiger partial charge in [-0.1, -0.05) is 27.7 Å². The molecule has 3 aliphatic carbocycles. The molecule has 0 saturated heterocycles. The van der Waals surface area contributed by atoms with E-state index in [9.17, 15) is 4.79 Å². The van der Waals surface area contributed by atoms with Crippen molar-refractivity contribution >= 4 is 5.78 Å². The van der Waals surface area contributed by atoms with E-state index in [-0.39, 0.29) is 34.9 Å². The van der Waals surface area contributed by atoms with Crippen molar-refractivity contribution in [1.29, 1.82) is 0 Å². The number of hydrogen-bond donors (Lipinski definition) is 0. The van der Waals surface area contributed by atoms with Crippen molar-refractivity contribution in [2.45, 2.75) is 72.0 Å². The topological polar surface area (TPSA) is 44.8 Å². The average Bonchev–Trinajstić information content (AvgIpc) is 3.00. The molecule has 0 spiro atoms. The summed E-state index contributed by atoms with van der Waals surface area (Å²) in [6.45, 7) is 9.35. The first kappa shape index (κ1) is 19.3. The standard InChI is InChI=1S/C21H36O4/c1-13-11-17(25-12-23-5)20(4)14(2)7-9-21(15(3)18(13)22)10-8-16(24-6)19(20)21/h13-17,19H,7-12H2,1-6H3/t13-,14+,15-,16?,17+,19?,20-,21?/m0/s1. The molecule has 0 N–H and O–H groups in total. The summed E-state index contributed by atoms with van der Waals surface area (Å²) in [4.78, 5) is 13.2. The van der Waals surface area contributed by atoms with E-state index in [0.29, 0.717) is 24.4 Å². The van der Waals surface area contributed by atoms with Gasteiger partial charge in [0.25, 0.3) is 0 Å². The van der Waals surface area contributed by atoms with Gasteiger partial charge in [0.05, 0.1) is 12.2 Å². The number of Topliss-reactive ketones (excluding diaryl/α,β-unsaturated/α-hetero) is 1. The van der Waals surface area contributed by atoms with Gasteiger partial charge in [-0.05, 0) is 49.4 Å². The van der Waals surface area contributed by atoms with E-state index in [1.807, 2.05) is 7.11 Å². The van der Waals surface area contributed by atoms with E-state index in [2.05, 4.69) is 27.7 Å². The van der Waals surface area contributed by atoms with Crippen LogP contribution in [0.5, 0.6) is 0 Å².